The molecule has 0 spiro atoms. The van der Waals surface area contributed by atoms with Crippen LogP contribution in [0.5, 0.6) is 5.75 Å². The molecule has 1 aliphatic rings. The van der Waals surface area contributed by atoms with Crippen LogP contribution >= 0.6 is 11.6 Å². The molecule has 1 fully saturated rings. The number of aromatic nitrogens is 1. The number of nitrogens with zero attached hydrogens (tertiary/aromatic N) is 1. The first-order chi connectivity index (χ1) is 13.3. The monoisotopic (exact) mass is 377 g/mol. The van der Waals surface area contributed by atoms with E-state index in [1.165, 1.54) is 37.7 Å². The van der Waals surface area contributed by atoms with Gasteiger partial charge in [0.15, 0.2) is 6.10 Å². The summed E-state index contributed by atoms with van der Waals surface area (Å²) >= 11 is 6.45. The Morgan fingerprint density at radius 2 is 1.59 bits per heavy atom. The summed E-state index contributed by atoms with van der Waals surface area (Å²) in [6.07, 6.45) is 8.12. The zero-order valence-electron chi connectivity index (χ0n) is 15.4. The fourth-order valence-electron chi connectivity index (χ4n) is 3.89. The van der Waals surface area contributed by atoms with E-state index < -0.39 is 0 Å². The fourth-order valence-corrected chi connectivity index (χ4v) is 4.13. The molecule has 2 nitrogen and oxygen atoms in total. The van der Waals surface area contributed by atoms with E-state index in [-0.39, 0.29) is 6.10 Å². The van der Waals surface area contributed by atoms with Crippen molar-refractivity contribution < 1.29 is 4.74 Å². The van der Waals surface area contributed by atoms with Crippen molar-refractivity contribution in [2.24, 2.45) is 0 Å². The minimum absolute atomic E-state index is 0.333. The Bertz CT molecular complexity index is 857. The third kappa shape index (κ3) is 4.33. The van der Waals surface area contributed by atoms with Crippen molar-refractivity contribution >= 4 is 11.6 Å². The van der Waals surface area contributed by atoms with E-state index in [0.717, 1.165) is 17.0 Å². The van der Waals surface area contributed by atoms with Crippen LogP contribution in [-0.2, 0) is 0 Å². The second-order valence-corrected chi connectivity index (χ2v) is 7.59. The Kier molecular flexibility index (Phi) is 5.74. The molecule has 1 aromatic heterocycles. The molecule has 2 aromatic carbocycles. The number of pyridine rings is 1. The number of hydrogen-bond acceptors (Lipinski definition) is 2. The van der Waals surface area contributed by atoms with Crippen molar-refractivity contribution in [3.05, 3.63) is 94.8 Å². The van der Waals surface area contributed by atoms with Crippen LogP contribution in [0, 0.1) is 0 Å². The summed E-state index contributed by atoms with van der Waals surface area (Å²) < 4.78 is 6.36. The van der Waals surface area contributed by atoms with Crippen LogP contribution in [0.3, 0.4) is 0 Å². The van der Waals surface area contributed by atoms with E-state index in [4.69, 9.17) is 16.3 Å². The number of rotatable bonds is 5. The number of benzene rings is 2. The Balaban J connectivity index is 1.59. The van der Waals surface area contributed by atoms with Gasteiger partial charge in [0.25, 0.3) is 0 Å². The molecule has 3 heteroatoms. The average molecular weight is 378 g/mol. The number of hydrogen-bond donors (Lipinski definition) is 0. The summed E-state index contributed by atoms with van der Waals surface area (Å²) in [5, 5.41) is 0.687. The van der Waals surface area contributed by atoms with Crippen molar-refractivity contribution in [1.82, 2.24) is 4.98 Å². The predicted molar refractivity (Wildman–Crippen MR) is 110 cm³/mol. The zero-order valence-corrected chi connectivity index (χ0v) is 16.1. The molecule has 1 heterocycles. The summed E-state index contributed by atoms with van der Waals surface area (Å²) in [6.45, 7) is 0. The van der Waals surface area contributed by atoms with Crippen LogP contribution < -0.4 is 4.74 Å². The first kappa shape index (κ1) is 18.1. The quantitative estimate of drug-likeness (QED) is 0.479. The van der Waals surface area contributed by atoms with Crippen LogP contribution in [0.4, 0.5) is 0 Å². The van der Waals surface area contributed by atoms with Gasteiger partial charge in [-0.25, -0.2) is 0 Å². The molecular weight excluding hydrogens is 354 g/mol. The van der Waals surface area contributed by atoms with Gasteiger partial charge in [-0.05, 0) is 54.7 Å². The van der Waals surface area contributed by atoms with Gasteiger partial charge < -0.3 is 4.74 Å². The number of ether oxygens (including phenoxy) is 1. The van der Waals surface area contributed by atoms with Crippen LogP contribution in [0.25, 0.3) is 0 Å². The van der Waals surface area contributed by atoms with Crippen molar-refractivity contribution in [2.75, 3.05) is 0 Å². The third-order valence-corrected chi connectivity index (χ3v) is 5.70. The molecule has 0 bridgehead atoms. The second-order valence-electron chi connectivity index (χ2n) is 7.18. The molecule has 1 aliphatic carbocycles. The lowest BCUT2D eigenvalue weighted by Crippen LogP contribution is -2.12. The van der Waals surface area contributed by atoms with Gasteiger partial charge >= 0.3 is 0 Å². The molecule has 0 saturated heterocycles. The molecule has 138 valence electrons. The van der Waals surface area contributed by atoms with Gasteiger partial charge in [0.1, 0.15) is 5.75 Å². The van der Waals surface area contributed by atoms with E-state index in [1.54, 1.807) is 6.20 Å². The first-order valence-corrected chi connectivity index (χ1v) is 10.1. The van der Waals surface area contributed by atoms with Gasteiger partial charge in [0, 0.05) is 16.8 Å². The molecule has 1 atom stereocenters. The standard InChI is InChI=1S/C24H24ClNO/c25-22-11-5-4-10-21(22)24(23-12-6-7-17-26-23)27-20-15-13-19(14-16-20)18-8-2-1-3-9-18/h4-7,10-18,24H,1-3,8-9H2. The summed E-state index contributed by atoms with van der Waals surface area (Å²) in [7, 11) is 0. The van der Waals surface area contributed by atoms with E-state index in [0.29, 0.717) is 10.9 Å². The Hall–Kier alpha value is -2.32. The highest BCUT2D eigenvalue weighted by molar-refractivity contribution is 6.31. The fraction of sp³-hybridized carbons (Fsp3) is 0.292. The highest BCUT2D eigenvalue weighted by atomic mass is 35.5. The summed E-state index contributed by atoms with van der Waals surface area (Å²) in [6, 6.07) is 22.2. The van der Waals surface area contributed by atoms with Crippen LogP contribution in [0.2, 0.25) is 5.02 Å². The second kappa shape index (κ2) is 8.58. The molecule has 0 N–H and O–H groups in total. The van der Waals surface area contributed by atoms with Crippen LogP contribution in [0.1, 0.15) is 60.9 Å². The molecular formula is C24H24ClNO. The Labute approximate surface area is 166 Å². The molecule has 3 aromatic rings. The predicted octanol–water partition coefficient (Wildman–Crippen LogP) is 6.95. The lowest BCUT2D eigenvalue weighted by atomic mass is 9.84. The van der Waals surface area contributed by atoms with Crippen molar-refractivity contribution in [3.63, 3.8) is 0 Å². The smallest absolute Gasteiger partial charge is 0.167 e. The van der Waals surface area contributed by atoms with E-state index >= 15 is 0 Å². The highest BCUT2D eigenvalue weighted by Crippen LogP contribution is 2.35. The van der Waals surface area contributed by atoms with Crippen molar-refractivity contribution in [3.8, 4) is 5.75 Å². The van der Waals surface area contributed by atoms with Crippen molar-refractivity contribution in [1.29, 1.82) is 0 Å². The summed E-state index contributed by atoms with van der Waals surface area (Å²) in [5.74, 6) is 1.54. The molecule has 0 aliphatic heterocycles. The van der Waals surface area contributed by atoms with E-state index in [1.807, 2.05) is 42.5 Å². The molecule has 27 heavy (non-hydrogen) atoms. The normalized spacial score (nSPS) is 16.0. The van der Waals surface area contributed by atoms with Gasteiger partial charge in [0.2, 0.25) is 0 Å². The largest absolute Gasteiger partial charge is 0.479 e. The average Bonchev–Trinajstić information content (AvgIpc) is 2.74. The Morgan fingerprint density at radius 3 is 2.30 bits per heavy atom. The van der Waals surface area contributed by atoms with Gasteiger partial charge in [-0.15, -0.1) is 0 Å². The minimum atomic E-state index is -0.333. The maximum absolute atomic E-state index is 6.45. The van der Waals surface area contributed by atoms with Crippen LogP contribution in [0.15, 0.2) is 72.9 Å². The maximum atomic E-state index is 6.45. The lowest BCUT2D eigenvalue weighted by Gasteiger charge is -2.23. The first-order valence-electron chi connectivity index (χ1n) is 9.73. The molecule has 0 amide bonds. The zero-order chi connectivity index (χ0) is 18.5. The van der Waals surface area contributed by atoms with Gasteiger partial charge in [-0.2, -0.15) is 0 Å². The summed E-state index contributed by atoms with van der Waals surface area (Å²) in [4.78, 5) is 4.50. The van der Waals surface area contributed by atoms with Gasteiger partial charge in [0.05, 0.1) is 5.69 Å². The molecule has 1 unspecified atom stereocenters. The van der Waals surface area contributed by atoms with Gasteiger partial charge in [-0.1, -0.05) is 67.3 Å². The van der Waals surface area contributed by atoms with Crippen molar-refractivity contribution in [2.45, 2.75) is 44.1 Å². The highest BCUT2D eigenvalue weighted by Gasteiger charge is 2.21. The SMILES string of the molecule is Clc1ccccc1C(Oc1ccc(C2CCCCC2)cc1)c1ccccn1. The molecule has 4 rings (SSSR count). The van der Waals surface area contributed by atoms with E-state index in [2.05, 4.69) is 29.2 Å². The third-order valence-electron chi connectivity index (χ3n) is 5.35. The summed E-state index contributed by atoms with van der Waals surface area (Å²) in [5.41, 5.74) is 3.20. The molecule has 0 radical (unpaired) electrons. The lowest BCUT2D eigenvalue weighted by molar-refractivity contribution is 0.242. The Morgan fingerprint density at radius 1 is 0.852 bits per heavy atom. The van der Waals surface area contributed by atoms with Crippen LogP contribution in [-0.4, -0.2) is 4.98 Å². The van der Waals surface area contributed by atoms with Gasteiger partial charge in [-0.3, -0.25) is 4.98 Å². The topological polar surface area (TPSA) is 22.1 Å². The van der Waals surface area contributed by atoms with E-state index in [9.17, 15) is 0 Å². The maximum Gasteiger partial charge on any atom is 0.167 e. The number of halogens is 1. The molecule has 1 saturated carbocycles. The minimum Gasteiger partial charge on any atom is -0.479 e.